The lowest BCUT2D eigenvalue weighted by molar-refractivity contribution is -0.123. The molecule has 1 N–H and O–H groups in total. The van der Waals surface area contributed by atoms with E-state index >= 15 is 0 Å². The first-order chi connectivity index (χ1) is 11.3. The van der Waals surface area contributed by atoms with E-state index in [9.17, 15) is 4.79 Å². The summed E-state index contributed by atoms with van der Waals surface area (Å²) in [5, 5.41) is 8.05. The van der Waals surface area contributed by atoms with E-state index in [1.807, 2.05) is 42.3 Å². The number of piperazine rings is 1. The smallest absolute Gasteiger partial charge is 0.247 e. The number of amides is 1. The molecule has 1 saturated heterocycles. The Labute approximate surface area is 133 Å². The van der Waals surface area contributed by atoms with Gasteiger partial charge in [0.2, 0.25) is 5.91 Å². The van der Waals surface area contributed by atoms with Gasteiger partial charge in [-0.15, -0.1) is 0 Å². The zero-order chi connectivity index (χ0) is 15.8. The summed E-state index contributed by atoms with van der Waals surface area (Å²) in [5.74, 6) is 0.727. The van der Waals surface area contributed by atoms with Crippen molar-refractivity contribution in [2.75, 3.05) is 18.0 Å². The van der Waals surface area contributed by atoms with Gasteiger partial charge in [0, 0.05) is 20.1 Å². The number of aryl methyl sites for hydroxylation is 1. The Hall–Kier alpha value is -2.96. The van der Waals surface area contributed by atoms with Crippen LogP contribution in [0, 0.1) is 0 Å². The molecule has 0 aliphatic carbocycles. The van der Waals surface area contributed by atoms with Crippen molar-refractivity contribution in [3.8, 4) is 0 Å². The number of carbonyl (C=O) groups is 1. The third-order valence-electron chi connectivity index (χ3n) is 4.11. The Bertz CT molecular complexity index is 859. The molecule has 7 heteroatoms. The van der Waals surface area contributed by atoms with Crippen molar-refractivity contribution in [2.24, 2.45) is 7.05 Å². The van der Waals surface area contributed by atoms with Gasteiger partial charge < -0.3 is 10.2 Å². The van der Waals surface area contributed by atoms with Crippen LogP contribution in [0.25, 0.3) is 11.0 Å². The van der Waals surface area contributed by atoms with Gasteiger partial charge in [0.1, 0.15) is 18.2 Å². The molecule has 7 nitrogen and oxygen atoms in total. The quantitative estimate of drug-likeness (QED) is 0.765. The predicted octanol–water partition coefficient (Wildman–Crippen LogP) is 1.04. The van der Waals surface area contributed by atoms with Crippen LogP contribution >= 0.6 is 0 Å². The van der Waals surface area contributed by atoms with Crippen LogP contribution in [0.15, 0.2) is 42.9 Å². The Balaban J connectivity index is 1.85. The first-order valence-electron chi connectivity index (χ1n) is 7.48. The van der Waals surface area contributed by atoms with Crippen LogP contribution in [-0.4, -0.2) is 38.7 Å². The van der Waals surface area contributed by atoms with Gasteiger partial charge in [-0.2, -0.15) is 5.10 Å². The van der Waals surface area contributed by atoms with E-state index in [1.165, 1.54) is 6.33 Å². The summed E-state index contributed by atoms with van der Waals surface area (Å²) < 4.78 is 1.71. The number of benzene rings is 1. The van der Waals surface area contributed by atoms with Crippen molar-refractivity contribution in [3.63, 3.8) is 0 Å². The molecular weight excluding hydrogens is 292 g/mol. The fourth-order valence-corrected chi connectivity index (χ4v) is 3.04. The molecule has 2 aromatic heterocycles. The van der Waals surface area contributed by atoms with Gasteiger partial charge in [-0.1, -0.05) is 30.3 Å². The Morgan fingerprint density at radius 3 is 2.87 bits per heavy atom. The number of aromatic nitrogens is 4. The molecule has 1 aromatic carbocycles. The zero-order valence-electron chi connectivity index (χ0n) is 12.7. The van der Waals surface area contributed by atoms with Gasteiger partial charge in [-0.05, 0) is 5.56 Å². The minimum atomic E-state index is -0.400. The molecule has 0 saturated carbocycles. The topological polar surface area (TPSA) is 75.9 Å². The number of anilines is 1. The minimum absolute atomic E-state index is 0.0156. The van der Waals surface area contributed by atoms with Gasteiger partial charge in [-0.25, -0.2) is 9.97 Å². The van der Waals surface area contributed by atoms with Gasteiger partial charge in [0.15, 0.2) is 5.65 Å². The molecular formula is C16H16N6O. The van der Waals surface area contributed by atoms with Crippen molar-refractivity contribution >= 4 is 22.8 Å². The molecule has 116 valence electrons. The molecule has 23 heavy (non-hydrogen) atoms. The highest BCUT2D eigenvalue weighted by atomic mass is 16.2. The van der Waals surface area contributed by atoms with Crippen LogP contribution in [0.2, 0.25) is 0 Å². The summed E-state index contributed by atoms with van der Waals surface area (Å²) in [6.45, 7) is 1.28. The number of nitrogens with one attached hydrogen (secondary N) is 1. The maximum absolute atomic E-state index is 12.5. The first-order valence-corrected chi connectivity index (χ1v) is 7.48. The van der Waals surface area contributed by atoms with Gasteiger partial charge >= 0.3 is 0 Å². The SMILES string of the molecule is Cn1ncc2c(N3CCNC(=O)C3c3ccccc3)ncnc21. The second-order valence-electron chi connectivity index (χ2n) is 5.50. The molecule has 1 aliphatic heterocycles. The van der Waals surface area contributed by atoms with Gasteiger partial charge in [0.05, 0.1) is 11.6 Å². The van der Waals surface area contributed by atoms with E-state index < -0.39 is 6.04 Å². The molecule has 0 radical (unpaired) electrons. The third-order valence-corrected chi connectivity index (χ3v) is 4.11. The van der Waals surface area contributed by atoms with Crippen LogP contribution < -0.4 is 10.2 Å². The predicted molar refractivity (Wildman–Crippen MR) is 85.8 cm³/mol. The van der Waals surface area contributed by atoms with Crippen LogP contribution in [0.5, 0.6) is 0 Å². The van der Waals surface area contributed by atoms with Gasteiger partial charge in [0.25, 0.3) is 0 Å². The lowest BCUT2D eigenvalue weighted by atomic mass is 10.0. The van der Waals surface area contributed by atoms with Crippen molar-refractivity contribution in [1.29, 1.82) is 0 Å². The zero-order valence-corrected chi connectivity index (χ0v) is 12.7. The fraction of sp³-hybridized carbons (Fsp3) is 0.250. The molecule has 1 fully saturated rings. The number of fused-ring (bicyclic) bond motifs is 1. The summed E-state index contributed by atoms with van der Waals surface area (Å²) in [6.07, 6.45) is 3.27. The third kappa shape index (κ3) is 2.21. The first kappa shape index (κ1) is 13.7. The molecule has 1 aliphatic rings. The summed E-state index contributed by atoms with van der Waals surface area (Å²) >= 11 is 0. The van der Waals surface area contributed by atoms with Crippen molar-refractivity contribution in [1.82, 2.24) is 25.1 Å². The number of hydrogen-bond donors (Lipinski definition) is 1. The number of hydrogen-bond acceptors (Lipinski definition) is 5. The molecule has 1 unspecified atom stereocenters. The van der Waals surface area contributed by atoms with Crippen LogP contribution in [0.1, 0.15) is 11.6 Å². The average molecular weight is 308 g/mol. The molecule has 1 amide bonds. The number of carbonyl (C=O) groups excluding carboxylic acids is 1. The molecule has 0 bridgehead atoms. The fourth-order valence-electron chi connectivity index (χ4n) is 3.04. The van der Waals surface area contributed by atoms with E-state index in [-0.39, 0.29) is 5.91 Å². The highest BCUT2D eigenvalue weighted by Gasteiger charge is 2.33. The highest BCUT2D eigenvalue weighted by molar-refractivity contribution is 5.93. The highest BCUT2D eigenvalue weighted by Crippen LogP contribution is 2.31. The van der Waals surface area contributed by atoms with Crippen LogP contribution in [0.3, 0.4) is 0 Å². The van der Waals surface area contributed by atoms with Crippen molar-refractivity contribution in [2.45, 2.75) is 6.04 Å². The lowest BCUT2D eigenvalue weighted by Gasteiger charge is -2.36. The molecule has 3 aromatic rings. The normalized spacial score (nSPS) is 18.2. The monoisotopic (exact) mass is 308 g/mol. The van der Waals surface area contributed by atoms with E-state index in [0.29, 0.717) is 13.1 Å². The summed E-state index contributed by atoms with van der Waals surface area (Å²) in [6, 6.07) is 9.35. The van der Waals surface area contributed by atoms with Crippen molar-refractivity contribution in [3.05, 3.63) is 48.4 Å². The van der Waals surface area contributed by atoms with E-state index in [4.69, 9.17) is 0 Å². The Morgan fingerprint density at radius 2 is 2.04 bits per heavy atom. The second-order valence-corrected chi connectivity index (χ2v) is 5.50. The summed E-state index contributed by atoms with van der Waals surface area (Å²) in [5.41, 5.74) is 1.70. The molecule has 0 spiro atoms. The Morgan fingerprint density at radius 1 is 1.22 bits per heavy atom. The summed E-state index contributed by atoms with van der Waals surface area (Å²) in [4.78, 5) is 23.2. The molecule has 3 heterocycles. The Kier molecular flexibility index (Phi) is 3.18. The van der Waals surface area contributed by atoms with E-state index in [1.54, 1.807) is 10.9 Å². The number of rotatable bonds is 2. The molecule has 1 atom stereocenters. The van der Waals surface area contributed by atoms with Crippen LogP contribution in [-0.2, 0) is 11.8 Å². The summed E-state index contributed by atoms with van der Waals surface area (Å²) in [7, 11) is 1.84. The van der Waals surface area contributed by atoms with Crippen molar-refractivity contribution < 1.29 is 4.79 Å². The maximum atomic E-state index is 12.5. The number of nitrogens with zero attached hydrogens (tertiary/aromatic N) is 5. The maximum Gasteiger partial charge on any atom is 0.247 e. The standard InChI is InChI=1S/C16H16N6O/c1-21-14-12(9-20-21)15(19-10-18-14)22-8-7-17-16(23)13(22)11-5-3-2-4-6-11/h2-6,9-10,13H,7-8H2,1H3,(H,17,23). The second kappa shape index (κ2) is 5.35. The lowest BCUT2D eigenvalue weighted by Crippen LogP contribution is -2.50. The van der Waals surface area contributed by atoms with E-state index in [2.05, 4.69) is 20.4 Å². The van der Waals surface area contributed by atoms with Crippen LogP contribution in [0.4, 0.5) is 5.82 Å². The van der Waals surface area contributed by atoms with E-state index in [0.717, 1.165) is 22.4 Å². The minimum Gasteiger partial charge on any atom is -0.352 e. The average Bonchev–Trinajstić information content (AvgIpc) is 2.97. The molecule has 4 rings (SSSR count). The largest absolute Gasteiger partial charge is 0.352 e. The van der Waals surface area contributed by atoms with Gasteiger partial charge in [-0.3, -0.25) is 9.48 Å².